The number of anilines is 1. The zero-order valence-electron chi connectivity index (χ0n) is 15.8. The molecule has 8 heteroatoms. The van der Waals surface area contributed by atoms with Crippen molar-refractivity contribution in [1.29, 1.82) is 0 Å². The Balaban J connectivity index is 1.50. The van der Waals surface area contributed by atoms with Gasteiger partial charge >= 0.3 is 0 Å². The fourth-order valence-corrected chi connectivity index (χ4v) is 4.27. The molecule has 0 aliphatic rings. The van der Waals surface area contributed by atoms with E-state index in [1.807, 2.05) is 18.3 Å². The average molecular weight is 410 g/mol. The number of rotatable bonds is 7. The molecule has 4 aromatic rings. The molecular formula is C21H19FN4O2S. The number of halogens is 1. The number of nitrogens with one attached hydrogen (secondary N) is 1. The summed E-state index contributed by atoms with van der Waals surface area (Å²) in [6.07, 6.45) is 6.15. The lowest BCUT2D eigenvalue weighted by molar-refractivity contribution is 0.102. The summed E-state index contributed by atoms with van der Waals surface area (Å²) in [5.74, 6) is -0.228. The van der Waals surface area contributed by atoms with Gasteiger partial charge in [-0.1, -0.05) is 6.07 Å². The first-order valence-corrected chi connectivity index (χ1v) is 9.90. The van der Waals surface area contributed by atoms with E-state index in [9.17, 15) is 9.18 Å². The van der Waals surface area contributed by atoms with Crippen LogP contribution < -0.4 is 5.32 Å². The van der Waals surface area contributed by atoms with Gasteiger partial charge in [-0.05, 0) is 36.2 Å². The van der Waals surface area contributed by atoms with Crippen molar-refractivity contribution in [3.8, 4) is 0 Å². The summed E-state index contributed by atoms with van der Waals surface area (Å²) < 4.78 is 22.0. The molecule has 0 aliphatic carbocycles. The Morgan fingerprint density at radius 1 is 1.24 bits per heavy atom. The van der Waals surface area contributed by atoms with Crippen LogP contribution in [0.25, 0.3) is 10.1 Å². The largest absolute Gasteiger partial charge is 0.380 e. The van der Waals surface area contributed by atoms with Gasteiger partial charge in [0.25, 0.3) is 5.91 Å². The van der Waals surface area contributed by atoms with Gasteiger partial charge in [0.15, 0.2) is 5.82 Å². The lowest BCUT2D eigenvalue weighted by Gasteiger charge is -2.05. The maximum absolute atomic E-state index is 14.3. The van der Waals surface area contributed by atoms with Crippen molar-refractivity contribution < 1.29 is 13.9 Å². The molecule has 4 rings (SSSR count). The number of methoxy groups -OCH3 is 1. The van der Waals surface area contributed by atoms with Crippen molar-refractivity contribution in [2.24, 2.45) is 0 Å². The number of aryl methyl sites for hydroxylation is 2. The number of benzene rings is 1. The van der Waals surface area contributed by atoms with Crippen molar-refractivity contribution in [2.75, 3.05) is 12.4 Å². The summed E-state index contributed by atoms with van der Waals surface area (Å²) in [5, 5.41) is 7.65. The monoisotopic (exact) mass is 410 g/mol. The van der Waals surface area contributed by atoms with E-state index >= 15 is 0 Å². The molecule has 29 heavy (non-hydrogen) atoms. The molecule has 0 bridgehead atoms. The molecule has 1 aromatic carbocycles. The highest BCUT2D eigenvalue weighted by atomic mass is 32.1. The molecule has 148 valence electrons. The fraction of sp³-hybridized carbons (Fsp3) is 0.190. The van der Waals surface area contributed by atoms with Gasteiger partial charge < -0.3 is 10.1 Å². The van der Waals surface area contributed by atoms with Gasteiger partial charge in [-0.2, -0.15) is 5.10 Å². The first kappa shape index (κ1) is 19.2. The Morgan fingerprint density at radius 2 is 2.07 bits per heavy atom. The highest BCUT2D eigenvalue weighted by Gasteiger charge is 2.21. The number of pyridine rings is 1. The van der Waals surface area contributed by atoms with Crippen LogP contribution in [0.15, 0.2) is 55.0 Å². The quantitative estimate of drug-likeness (QED) is 0.494. The predicted octanol–water partition coefficient (Wildman–Crippen LogP) is 4.27. The lowest BCUT2D eigenvalue weighted by Crippen LogP contribution is -2.13. The van der Waals surface area contributed by atoms with Gasteiger partial charge in [-0.3, -0.25) is 14.5 Å². The molecule has 0 aliphatic heterocycles. The minimum Gasteiger partial charge on any atom is -0.380 e. The van der Waals surface area contributed by atoms with Gasteiger partial charge in [0, 0.05) is 54.0 Å². The predicted molar refractivity (Wildman–Crippen MR) is 111 cm³/mol. The third-order valence-electron chi connectivity index (χ3n) is 4.52. The highest BCUT2D eigenvalue weighted by molar-refractivity contribution is 7.21. The number of carbonyl (C=O) groups is 1. The third-order valence-corrected chi connectivity index (χ3v) is 5.72. The number of carbonyl (C=O) groups excluding carboxylic acids is 1. The Kier molecular flexibility index (Phi) is 5.64. The summed E-state index contributed by atoms with van der Waals surface area (Å²) in [4.78, 5) is 17.3. The summed E-state index contributed by atoms with van der Waals surface area (Å²) in [6, 6.07) is 10.5. The van der Waals surface area contributed by atoms with Crippen molar-refractivity contribution in [3.63, 3.8) is 0 Å². The van der Waals surface area contributed by atoms with Crippen molar-refractivity contribution >= 4 is 33.1 Å². The number of fused-ring (bicyclic) bond motifs is 1. The zero-order valence-corrected chi connectivity index (χ0v) is 16.6. The molecule has 1 N–H and O–H groups in total. The number of aromatic nitrogens is 3. The minimum atomic E-state index is -0.356. The molecule has 6 nitrogen and oxygen atoms in total. The second kappa shape index (κ2) is 8.50. The number of amides is 1. The first-order chi connectivity index (χ1) is 14.2. The molecule has 0 saturated heterocycles. The Labute approximate surface area is 171 Å². The van der Waals surface area contributed by atoms with Crippen molar-refractivity contribution in [1.82, 2.24) is 14.8 Å². The van der Waals surface area contributed by atoms with E-state index in [-0.39, 0.29) is 18.3 Å². The smallest absolute Gasteiger partial charge is 0.267 e. The lowest BCUT2D eigenvalue weighted by atomic mass is 10.1. The van der Waals surface area contributed by atoms with Gasteiger partial charge in [0.05, 0.1) is 11.5 Å². The second-order valence-corrected chi connectivity index (χ2v) is 7.53. The van der Waals surface area contributed by atoms with E-state index in [2.05, 4.69) is 15.4 Å². The molecule has 1 amide bonds. The standard InChI is InChI=1S/C21H19FN4O2S/c1-28-13-15-19-16(22)3-2-4-17(19)29-20(15)21(27)24-18-8-12-26(25-18)11-7-14-5-9-23-10-6-14/h2-6,8-10,12H,7,11,13H2,1H3,(H,24,25,27). The van der Waals surface area contributed by atoms with Crippen LogP contribution in [0.1, 0.15) is 20.8 Å². The number of hydrogen-bond donors (Lipinski definition) is 1. The third kappa shape index (κ3) is 4.18. The second-order valence-electron chi connectivity index (χ2n) is 6.48. The van der Waals surface area contributed by atoms with Crippen LogP contribution in [-0.2, 0) is 24.3 Å². The van der Waals surface area contributed by atoms with Gasteiger partial charge in [-0.25, -0.2) is 4.39 Å². The van der Waals surface area contributed by atoms with Gasteiger partial charge in [0.1, 0.15) is 5.82 Å². The maximum atomic E-state index is 14.3. The van der Waals surface area contributed by atoms with Gasteiger partial charge in [-0.15, -0.1) is 11.3 Å². The van der Waals surface area contributed by atoms with Crippen molar-refractivity contribution in [2.45, 2.75) is 19.6 Å². The van der Waals surface area contributed by atoms with Crippen molar-refractivity contribution in [3.05, 3.63) is 76.8 Å². The summed E-state index contributed by atoms with van der Waals surface area (Å²) in [6.45, 7) is 0.840. The molecule has 0 atom stereocenters. The highest BCUT2D eigenvalue weighted by Crippen LogP contribution is 2.34. The van der Waals surface area contributed by atoms with E-state index in [1.54, 1.807) is 35.3 Å². The number of hydrogen-bond acceptors (Lipinski definition) is 5. The van der Waals surface area contributed by atoms with E-state index in [1.165, 1.54) is 24.5 Å². The molecule has 0 saturated carbocycles. The fourth-order valence-electron chi connectivity index (χ4n) is 3.15. The molecule has 0 unspecified atom stereocenters. The SMILES string of the molecule is COCc1c(C(=O)Nc2ccn(CCc3ccncc3)n2)sc2cccc(F)c12. The summed E-state index contributed by atoms with van der Waals surface area (Å²) in [7, 11) is 1.52. The van der Waals surface area contributed by atoms with Crippen LogP contribution in [0.4, 0.5) is 10.2 Å². The Morgan fingerprint density at radius 3 is 2.86 bits per heavy atom. The van der Waals surface area contributed by atoms with E-state index in [0.717, 1.165) is 12.0 Å². The number of nitrogens with zero attached hydrogens (tertiary/aromatic N) is 3. The molecular weight excluding hydrogens is 391 g/mol. The van der Waals surface area contributed by atoms with E-state index in [0.29, 0.717) is 32.9 Å². The molecule has 3 aromatic heterocycles. The minimum absolute atomic E-state index is 0.157. The molecule has 0 spiro atoms. The van der Waals surface area contributed by atoms with Crippen LogP contribution in [0.3, 0.4) is 0 Å². The van der Waals surface area contributed by atoms with E-state index < -0.39 is 0 Å². The van der Waals surface area contributed by atoms with E-state index in [4.69, 9.17) is 4.74 Å². The Hall–Kier alpha value is -3.10. The van der Waals surface area contributed by atoms with Crippen LogP contribution in [0.5, 0.6) is 0 Å². The number of ether oxygens (including phenoxy) is 1. The van der Waals surface area contributed by atoms with Crippen LogP contribution in [0.2, 0.25) is 0 Å². The molecule has 0 radical (unpaired) electrons. The normalized spacial score (nSPS) is 11.1. The maximum Gasteiger partial charge on any atom is 0.267 e. The van der Waals surface area contributed by atoms with Crippen LogP contribution in [-0.4, -0.2) is 27.8 Å². The van der Waals surface area contributed by atoms with Crippen LogP contribution in [0, 0.1) is 5.82 Å². The van der Waals surface area contributed by atoms with Gasteiger partial charge in [0.2, 0.25) is 0 Å². The van der Waals surface area contributed by atoms with Crippen LogP contribution >= 0.6 is 11.3 Å². The number of thiophene rings is 1. The summed E-state index contributed by atoms with van der Waals surface area (Å²) >= 11 is 1.25. The molecule has 0 fully saturated rings. The Bertz CT molecular complexity index is 1140. The molecule has 3 heterocycles. The topological polar surface area (TPSA) is 69.0 Å². The first-order valence-electron chi connectivity index (χ1n) is 9.08. The zero-order chi connectivity index (χ0) is 20.2. The average Bonchev–Trinajstić information content (AvgIpc) is 3.33. The summed E-state index contributed by atoms with van der Waals surface area (Å²) in [5.41, 5.74) is 1.72.